The van der Waals surface area contributed by atoms with Crippen LogP contribution in [0, 0.1) is 0 Å². The number of nitrogens with zero attached hydrogens (tertiary/aromatic N) is 1. The molecule has 0 amide bonds. The van der Waals surface area contributed by atoms with Gasteiger partial charge in [-0.15, -0.1) is 0 Å². The number of epoxide rings is 1. The minimum absolute atomic E-state index is 0.340. The maximum atomic E-state index is 13.1. The normalized spacial score (nSPS) is 36.3. The van der Waals surface area contributed by atoms with E-state index in [0.29, 0.717) is 12.2 Å². The van der Waals surface area contributed by atoms with Crippen molar-refractivity contribution in [2.75, 3.05) is 6.61 Å². The number of alkyl halides is 3. The lowest BCUT2D eigenvalue weighted by molar-refractivity contribution is -0.329. The van der Waals surface area contributed by atoms with E-state index in [4.69, 9.17) is 14.3 Å². The lowest BCUT2D eigenvalue weighted by Gasteiger charge is -2.35. The van der Waals surface area contributed by atoms with Crippen LogP contribution in [0.15, 0.2) is 24.3 Å². The van der Waals surface area contributed by atoms with E-state index >= 15 is 0 Å². The zero-order valence-corrected chi connectivity index (χ0v) is 17.9. The molecular formula is C21H29F3N2O3. The average Bonchev–Trinajstić information content (AvgIpc) is 2.85. The van der Waals surface area contributed by atoms with Crippen molar-refractivity contribution >= 4 is 0 Å². The smallest absolute Gasteiger partial charge is 0.353 e. The SMILES string of the molecule is CC1(C)CO[C@@]2(N1)ON(C(C)(C)C)[C@@H](c1ccc(C(F)(F)F)cc1)[C@]21OC1(C)C. The van der Waals surface area contributed by atoms with Gasteiger partial charge >= 0.3 is 6.18 Å². The van der Waals surface area contributed by atoms with Crippen molar-refractivity contribution in [2.45, 2.75) is 88.9 Å². The lowest BCUT2D eigenvalue weighted by atomic mass is 9.80. The summed E-state index contributed by atoms with van der Waals surface area (Å²) in [6, 6.07) is 4.78. The van der Waals surface area contributed by atoms with Crippen LogP contribution in [0.1, 0.15) is 65.6 Å². The van der Waals surface area contributed by atoms with Gasteiger partial charge in [-0.3, -0.25) is 5.32 Å². The molecule has 3 heterocycles. The number of rotatable bonds is 1. The first-order chi connectivity index (χ1) is 13.0. The predicted octanol–water partition coefficient (Wildman–Crippen LogP) is 4.39. The molecule has 3 aliphatic heterocycles. The third kappa shape index (κ3) is 2.95. The summed E-state index contributed by atoms with van der Waals surface area (Å²) in [6.45, 7) is 14.3. The first-order valence-electron chi connectivity index (χ1n) is 9.84. The molecule has 0 aromatic heterocycles. The Morgan fingerprint density at radius 1 is 1.03 bits per heavy atom. The Kier molecular flexibility index (Phi) is 4.16. The molecule has 0 aliphatic carbocycles. The van der Waals surface area contributed by atoms with Gasteiger partial charge in [-0.1, -0.05) is 12.1 Å². The Morgan fingerprint density at radius 2 is 1.59 bits per heavy atom. The molecule has 1 aromatic carbocycles. The molecule has 3 fully saturated rings. The molecule has 2 spiro atoms. The number of fused-ring (bicyclic) bond motifs is 1. The number of halogens is 3. The second-order valence-electron chi connectivity index (χ2n) is 10.4. The third-order valence-corrected chi connectivity index (χ3v) is 5.96. The molecule has 3 atom stereocenters. The minimum Gasteiger partial charge on any atom is -0.353 e. The summed E-state index contributed by atoms with van der Waals surface area (Å²) in [5.74, 6) is -1.22. The van der Waals surface area contributed by atoms with Gasteiger partial charge < -0.3 is 9.47 Å². The van der Waals surface area contributed by atoms with E-state index in [0.717, 1.165) is 12.1 Å². The molecule has 162 valence electrons. The second kappa shape index (κ2) is 5.73. The number of hydrogen-bond donors (Lipinski definition) is 1. The van der Waals surface area contributed by atoms with Gasteiger partial charge in [0, 0.05) is 11.1 Å². The topological polar surface area (TPSA) is 46.3 Å². The van der Waals surface area contributed by atoms with E-state index < -0.39 is 40.4 Å². The maximum absolute atomic E-state index is 13.1. The highest BCUT2D eigenvalue weighted by atomic mass is 19.4. The summed E-state index contributed by atoms with van der Waals surface area (Å²) < 4.78 is 51.8. The van der Waals surface area contributed by atoms with Gasteiger partial charge in [0.15, 0.2) is 5.60 Å². The fourth-order valence-electron chi connectivity index (χ4n) is 4.63. The first-order valence-corrected chi connectivity index (χ1v) is 9.84. The molecule has 1 N–H and O–H groups in total. The second-order valence-corrected chi connectivity index (χ2v) is 10.4. The summed E-state index contributed by atoms with van der Waals surface area (Å²) >= 11 is 0. The van der Waals surface area contributed by atoms with Crippen LogP contribution >= 0.6 is 0 Å². The fourth-order valence-corrected chi connectivity index (χ4v) is 4.63. The van der Waals surface area contributed by atoms with Crippen LogP contribution < -0.4 is 5.32 Å². The number of nitrogens with one attached hydrogen (secondary N) is 1. The van der Waals surface area contributed by atoms with E-state index in [1.54, 1.807) is 5.06 Å². The third-order valence-electron chi connectivity index (χ3n) is 5.96. The van der Waals surface area contributed by atoms with E-state index in [1.165, 1.54) is 12.1 Å². The Balaban J connectivity index is 1.84. The Labute approximate surface area is 169 Å². The zero-order chi connectivity index (χ0) is 21.7. The van der Waals surface area contributed by atoms with E-state index in [9.17, 15) is 13.2 Å². The molecule has 29 heavy (non-hydrogen) atoms. The summed E-state index contributed by atoms with van der Waals surface area (Å²) in [5, 5.41) is 5.26. The van der Waals surface area contributed by atoms with Crippen molar-refractivity contribution in [3.63, 3.8) is 0 Å². The van der Waals surface area contributed by atoms with Gasteiger partial charge in [-0.2, -0.15) is 18.2 Å². The fraction of sp³-hybridized carbons (Fsp3) is 0.714. The Bertz CT molecular complexity index is 816. The Hall–Kier alpha value is -1.19. The molecule has 0 saturated carbocycles. The highest BCUT2D eigenvalue weighted by molar-refractivity contribution is 5.37. The number of benzene rings is 1. The van der Waals surface area contributed by atoms with Crippen molar-refractivity contribution < 1.29 is 27.5 Å². The molecular weight excluding hydrogens is 385 g/mol. The predicted molar refractivity (Wildman–Crippen MR) is 101 cm³/mol. The summed E-state index contributed by atoms with van der Waals surface area (Å²) in [4.78, 5) is 6.44. The van der Waals surface area contributed by atoms with E-state index in [2.05, 4.69) is 5.32 Å². The molecule has 0 unspecified atom stereocenters. The van der Waals surface area contributed by atoms with Crippen LogP contribution in [0.4, 0.5) is 13.2 Å². The number of ether oxygens (including phenoxy) is 2. The standard InChI is InChI=1S/C21H29F3N2O3/c1-16(2,3)26-15(13-8-10-14(11-9-13)20(22,23)24)19(18(6,7)28-19)21(29-26)25-17(4,5)12-27-21/h8-11,15,25H,12H2,1-7H3/t15-,19+,21+/m0/s1. The molecule has 1 aromatic rings. The minimum atomic E-state index is -4.39. The molecule has 3 saturated heterocycles. The molecule has 0 radical (unpaired) electrons. The van der Waals surface area contributed by atoms with Crippen LogP contribution in [0.3, 0.4) is 0 Å². The first kappa shape index (κ1) is 21.1. The van der Waals surface area contributed by atoms with Crippen LogP contribution in [-0.2, 0) is 20.5 Å². The largest absolute Gasteiger partial charge is 0.416 e. The lowest BCUT2D eigenvalue weighted by Crippen LogP contribution is -2.59. The van der Waals surface area contributed by atoms with Crippen molar-refractivity contribution in [1.29, 1.82) is 0 Å². The molecule has 4 rings (SSSR count). The number of hydrogen-bond acceptors (Lipinski definition) is 5. The van der Waals surface area contributed by atoms with E-state index in [1.807, 2.05) is 48.5 Å². The van der Waals surface area contributed by atoms with Gasteiger partial charge in [-0.05, 0) is 66.2 Å². The highest BCUT2D eigenvalue weighted by Crippen LogP contribution is 2.69. The average molecular weight is 414 g/mol. The van der Waals surface area contributed by atoms with Gasteiger partial charge in [-0.25, -0.2) is 4.84 Å². The van der Waals surface area contributed by atoms with Gasteiger partial charge in [0.1, 0.15) is 5.60 Å². The molecule has 8 heteroatoms. The van der Waals surface area contributed by atoms with Crippen molar-refractivity contribution in [3.8, 4) is 0 Å². The maximum Gasteiger partial charge on any atom is 0.416 e. The number of hydroxylamine groups is 2. The molecule has 5 nitrogen and oxygen atoms in total. The van der Waals surface area contributed by atoms with Gasteiger partial charge in [0.2, 0.25) is 0 Å². The van der Waals surface area contributed by atoms with Crippen LogP contribution in [-0.4, -0.2) is 39.9 Å². The summed E-state index contributed by atoms with van der Waals surface area (Å²) in [5.41, 5.74) is -2.31. The highest BCUT2D eigenvalue weighted by Gasteiger charge is 2.87. The van der Waals surface area contributed by atoms with Crippen molar-refractivity contribution in [3.05, 3.63) is 35.4 Å². The van der Waals surface area contributed by atoms with Crippen molar-refractivity contribution in [2.24, 2.45) is 0 Å². The van der Waals surface area contributed by atoms with E-state index in [-0.39, 0.29) is 5.54 Å². The quantitative estimate of drug-likeness (QED) is 0.691. The van der Waals surface area contributed by atoms with Crippen LogP contribution in [0.25, 0.3) is 0 Å². The van der Waals surface area contributed by atoms with Gasteiger partial charge in [0.25, 0.3) is 5.91 Å². The zero-order valence-electron chi connectivity index (χ0n) is 17.9. The summed E-state index contributed by atoms with van der Waals surface area (Å²) in [7, 11) is 0. The van der Waals surface area contributed by atoms with Crippen LogP contribution in [0.5, 0.6) is 0 Å². The summed E-state index contributed by atoms with van der Waals surface area (Å²) in [6.07, 6.45) is -4.39. The van der Waals surface area contributed by atoms with Crippen LogP contribution in [0.2, 0.25) is 0 Å². The monoisotopic (exact) mass is 414 g/mol. The molecule has 3 aliphatic rings. The van der Waals surface area contributed by atoms with Gasteiger partial charge in [0.05, 0.1) is 18.2 Å². The Morgan fingerprint density at radius 3 is 1.97 bits per heavy atom. The molecule has 0 bridgehead atoms. The van der Waals surface area contributed by atoms with Crippen molar-refractivity contribution in [1.82, 2.24) is 10.4 Å².